The topological polar surface area (TPSA) is 45.8 Å². The quantitative estimate of drug-likeness (QED) is 0.446. The SMILES string of the molecule is O=C1/C(=C\c2ccc(-c3cccc(Br)c3)o2)C(C(F)(F)F)=NN1c1ccccc1. The Hall–Kier alpha value is -3.13. The lowest BCUT2D eigenvalue weighted by Gasteiger charge is -2.10. The first-order chi connectivity index (χ1) is 13.8. The predicted molar refractivity (Wildman–Crippen MR) is 107 cm³/mol. The summed E-state index contributed by atoms with van der Waals surface area (Å²) in [6.07, 6.45) is -3.72. The van der Waals surface area contributed by atoms with E-state index in [1.54, 1.807) is 30.3 Å². The van der Waals surface area contributed by atoms with Crippen LogP contribution in [0, 0.1) is 0 Å². The second-order valence-electron chi connectivity index (χ2n) is 6.17. The summed E-state index contributed by atoms with van der Waals surface area (Å²) in [6, 6.07) is 18.4. The van der Waals surface area contributed by atoms with Gasteiger partial charge in [0.1, 0.15) is 11.5 Å². The van der Waals surface area contributed by atoms with Crippen molar-refractivity contribution in [2.45, 2.75) is 6.18 Å². The third-order valence-electron chi connectivity index (χ3n) is 4.17. The van der Waals surface area contributed by atoms with Gasteiger partial charge in [-0.05, 0) is 42.5 Å². The molecule has 29 heavy (non-hydrogen) atoms. The Bertz CT molecular complexity index is 1130. The van der Waals surface area contributed by atoms with E-state index >= 15 is 0 Å². The average Bonchev–Trinajstić information content (AvgIpc) is 3.28. The Morgan fingerprint density at radius 3 is 2.45 bits per heavy atom. The third-order valence-corrected chi connectivity index (χ3v) is 4.66. The summed E-state index contributed by atoms with van der Waals surface area (Å²) in [7, 11) is 0. The van der Waals surface area contributed by atoms with Crippen molar-refractivity contribution >= 4 is 39.3 Å². The fourth-order valence-electron chi connectivity index (χ4n) is 2.87. The maximum Gasteiger partial charge on any atom is 0.435 e. The van der Waals surface area contributed by atoms with Crippen molar-refractivity contribution in [2.24, 2.45) is 5.10 Å². The number of furan rings is 1. The molecular weight excluding hydrogens is 449 g/mol. The van der Waals surface area contributed by atoms with Crippen LogP contribution < -0.4 is 5.01 Å². The average molecular weight is 461 g/mol. The van der Waals surface area contributed by atoms with Gasteiger partial charge < -0.3 is 4.42 Å². The molecule has 0 saturated heterocycles. The van der Waals surface area contributed by atoms with Crippen molar-refractivity contribution in [3.63, 3.8) is 0 Å². The number of anilines is 1. The molecule has 4 nitrogen and oxygen atoms in total. The molecule has 4 rings (SSSR count). The Labute approximate surface area is 172 Å². The molecule has 8 heteroatoms. The normalized spacial score (nSPS) is 15.9. The van der Waals surface area contributed by atoms with Gasteiger partial charge in [0.25, 0.3) is 5.91 Å². The van der Waals surface area contributed by atoms with Crippen molar-refractivity contribution in [2.75, 3.05) is 5.01 Å². The number of hydrazone groups is 1. The number of alkyl halides is 3. The van der Waals surface area contributed by atoms with Crippen LogP contribution in [0.2, 0.25) is 0 Å². The molecule has 3 aromatic rings. The van der Waals surface area contributed by atoms with Crippen LogP contribution in [-0.2, 0) is 4.79 Å². The lowest BCUT2D eigenvalue weighted by molar-refractivity contribution is -0.114. The highest BCUT2D eigenvalue weighted by Gasteiger charge is 2.47. The minimum Gasteiger partial charge on any atom is -0.457 e. The smallest absolute Gasteiger partial charge is 0.435 e. The van der Waals surface area contributed by atoms with E-state index < -0.39 is 23.4 Å². The van der Waals surface area contributed by atoms with E-state index in [0.29, 0.717) is 5.76 Å². The third kappa shape index (κ3) is 3.88. The summed E-state index contributed by atoms with van der Waals surface area (Å²) in [4.78, 5) is 12.7. The van der Waals surface area contributed by atoms with Crippen molar-refractivity contribution in [1.82, 2.24) is 0 Å². The van der Waals surface area contributed by atoms with Gasteiger partial charge in [-0.25, -0.2) is 0 Å². The summed E-state index contributed by atoms with van der Waals surface area (Å²) in [6.45, 7) is 0. The van der Waals surface area contributed by atoms with E-state index in [0.717, 1.165) is 21.1 Å². The zero-order valence-electron chi connectivity index (χ0n) is 14.7. The molecule has 0 spiro atoms. The number of carbonyl (C=O) groups excluding carboxylic acids is 1. The van der Waals surface area contributed by atoms with Gasteiger partial charge in [-0.15, -0.1) is 0 Å². The van der Waals surface area contributed by atoms with Gasteiger partial charge in [0.2, 0.25) is 0 Å². The van der Waals surface area contributed by atoms with Crippen molar-refractivity contribution in [3.8, 4) is 11.3 Å². The Morgan fingerprint density at radius 1 is 1.00 bits per heavy atom. The van der Waals surface area contributed by atoms with E-state index in [-0.39, 0.29) is 11.4 Å². The first kappa shape index (κ1) is 19.2. The van der Waals surface area contributed by atoms with E-state index in [1.165, 1.54) is 18.2 Å². The molecule has 1 amide bonds. The number of para-hydroxylation sites is 1. The maximum atomic E-state index is 13.5. The highest BCUT2D eigenvalue weighted by atomic mass is 79.9. The summed E-state index contributed by atoms with van der Waals surface area (Å²) < 4.78 is 47.0. The molecular formula is C21H12BrF3N2O2. The number of rotatable bonds is 3. The van der Waals surface area contributed by atoms with Gasteiger partial charge >= 0.3 is 6.18 Å². The molecule has 0 fully saturated rings. The van der Waals surface area contributed by atoms with E-state index in [9.17, 15) is 18.0 Å². The maximum absolute atomic E-state index is 13.5. The Kier molecular flexibility index (Phi) is 4.87. The Morgan fingerprint density at radius 2 is 1.76 bits per heavy atom. The van der Waals surface area contributed by atoms with Crippen LogP contribution in [0.4, 0.5) is 18.9 Å². The van der Waals surface area contributed by atoms with Gasteiger partial charge in [-0.3, -0.25) is 4.79 Å². The Balaban J connectivity index is 1.72. The molecule has 0 N–H and O–H groups in total. The number of hydrogen-bond donors (Lipinski definition) is 0. The molecule has 0 saturated carbocycles. The molecule has 0 aliphatic carbocycles. The molecule has 0 radical (unpaired) electrons. The minimum atomic E-state index is -4.79. The number of hydrogen-bond acceptors (Lipinski definition) is 3. The van der Waals surface area contributed by atoms with Crippen LogP contribution in [-0.4, -0.2) is 17.8 Å². The van der Waals surface area contributed by atoms with E-state index in [4.69, 9.17) is 4.42 Å². The fraction of sp³-hybridized carbons (Fsp3) is 0.0476. The highest BCUT2D eigenvalue weighted by Crippen LogP contribution is 2.33. The summed E-state index contributed by atoms with van der Waals surface area (Å²) >= 11 is 3.36. The zero-order valence-corrected chi connectivity index (χ0v) is 16.2. The zero-order chi connectivity index (χ0) is 20.6. The second kappa shape index (κ2) is 7.36. The standard InChI is InChI=1S/C21H12BrF3N2O2/c22-14-6-4-5-13(11-14)18-10-9-16(29-18)12-17-19(21(23,24)25)26-27(20(17)28)15-7-2-1-3-8-15/h1-12H/b17-12-. The highest BCUT2D eigenvalue weighted by molar-refractivity contribution is 9.10. The number of halogens is 4. The predicted octanol–water partition coefficient (Wildman–Crippen LogP) is 6.06. The summed E-state index contributed by atoms with van der Waals surface area (Å²) in [5.74, 6) is -0.284. The molecule has 1 aliphatic rings. The molecule has 0 unspecified atom stereocenters. The molecule has 1 aromatic heterocycles. The van der Waals surface area contributed by atoms with Gasteiger partial charge in [0, 0.05) is 10.0 Å². The van der Waals surface area contributed by atoms with Crippen molar-refractivity contribution in [3.05, 3.63) is 82.5 Å². The van der Waals surface area contributed by atoms with Gasteiger partial charge in [0.05, 0.1) is 11.3 Å². The van der Waals surface area contributed by atoms with Crippen LogP contribution >= 0.6 is 15.9 Å². The number of benzene rings is 2. The van der Waals surface area contributed by atoms with Crippen molar-refractivity contribution in [1.29, 1.82) is 0 Å². The summed E-state index contributed by atoms with van der Waals surface area (Å²) in [5.41, 5.74) is -0.836. The lowest BCUT2D eigenvalue weighted by Crippen LogP contribution is -2.25. The molecule has 2 heterocycles. The molecule has 2 aromatic carbocycles. The molecule has 146 valence electrons. The largest absolute Gasteiger partial charge is 0.457 e. The minimum absolute atomic E-state index is 0.121. The van der Waals surface area contributed by atoms with Crippen LogP contribution in [0.3, 0.4) is 0 Å². The van der Waals surface area contributed by atoms with E-state index in [2.05, 4.69) is 21.0 Å². The molecule has 1 aliphatic heterocycles. The van der Waals surface area contributed by atoms with Crippen LogP contribution in [0.15, 0.2) is 86.3 Å². The van der Waals surface area contributed by atoms with Gasteiger partial charge in [-0.1, -0.05) is 46.3 Å². The second-order valence-corrected chi connectivity index (χ2v) is 7.08. The van der Waals surface area contributed by atoms with E-state index in [1.807, 2.05) is 18.2 Å². The van der Waals surface area contributed by atoms with Crippen LogP contribution in [0.25, 0.3) is 17.4 Å². The first-order valence-corrected chi connectivity index (χ1v) is 9.25. The molecule has 0 atom stereocenters. The summed E-state index contributed by atoms with van der Waals surface area (Å²) in [5, 5.41) is 4.27. The lowest BCUT2D eigenvalue weighted by atomic mass is 10.1. The number of nitrogens with zero attached hydrogens (tertiary/aromatic N) is 2. The van der Waals surface area contributed by atoms with Crippen LogP contribution in [0.5, 0.6) is 0 Å². The fourth-order valence-corrected chi connectivity index (χ4v) is 3.27. The van der Waals surface area contributed by atoms with Crippen molar-refractivity contribution < 1.29 is 22.4 Å². The number of amides is 1. The van der Waals surface area contributed by atoms with Gasteiger partial charge in [-0.2, -0.15) is 23.3 Å². The molecule has 0 bridgehead atoms. The van der Waals surface area contributed by atoms with Crippen LogP contribution in [0.1, 0.15) is 5.76 Å². The first-order valence-electron chi connectivity index (χ1n) is 8.46. The monoisotopic (exact) mass is 460 g/mol. The van der Waals surface area contributed by atoms with Gasteiger partial charge in [0.15, 0.2) is 5.71 Å². The number of carbonyl (C=O) groups is 1.